The van der Waals surface area contributed by atoms with Crippen LogP contribution in [0.15, 0.2) is 6.07 Å². The fraction of sp³-hybridized carbons (Fsp3) is 0.500. The summed E-state index contributed by atoms with van der Waals surface area (Å²) in [5.41, 5.74) is 2.59. The van der Waals surface area contributed by atoms with Crippen LogP contribution in [0, 0.1) is 13.8 Å². The normalized spacial score (nSPS) is 21.7. The molecule has 0 saturated carbocycles. The van der Waals surface area contributed by atoms with Crippen molar-refractivity contribution in [3.8, 4) is 0 Å². The van der Waals surface area contributed by atoms with E-state index in [1.165, 1.54) is 0 Å². The van der Waals surface area contributed by atoms with Gasteiger partial charge in [0, 0.05) is 25.8 Å². The molecule has 3 N–H and O–H groups in total. The summed E-state index contributed by atoms with van der Waals surface area (Å²) in [5.74, 6) is 1.11. The maximum absolute atomic E-state index is 13.7. The van der Waals surface area contributed by atoms with E-state index in [9.17, 15) is 4.39 Å². The number of nitrogens with zero attached hydrogens (tertiary/aromatic N) is 3. The van der Waals surface area contributed by atoms with E-state index in [4.69, 9.17) is 0 Å². The summed E-state index contributed by atoms with van der Waals surface area (Å²) < 4.78 is 13.7. The van der Waals surface area contributed by atoms with Crippen molar-refractivity contribution in [2.75, 3.05) is 30.8 Å². The lowest BCUT2D eigenvalue weighted by Crippen LogP contribution is -2.30. The van der Waals surface area contributed by atoms with Gasteiger partial charge >= 0.3 is 0 Å². The molecular formula is C14H19FN6. The van der Waals surface area contributed by atoms with Gasteiger partial charge in [-0.2, -0.15) is 9.97 Å². The summed E-state index contributed by atoms with van der Waals surface area (Å²) in [6, 6.07) is 1.69. The number of rotatable bonds is 3. The molecule has 3 heterocycles. The summed E-state index contributed by atoms with van der Waals surface area (Å²) in [6.45, 7) is 4.87. The summed E-state index contributed by atoms with van der Waals surface area (Å²) in [5, 5.41) is 10.0. The van der Waals surface area contributed by atoms with E-state index in [1.807, 2.05) is 19.9 Å². The Morgan fingerprint density at radius 1 is 1.24 bits per heavy atom. The van der Waals surface area contributed by atoms with Crippen LogP contribution in [0.3, 0.4) is 0 Å². The fourth-order valence-electron chi connectivity index (χ4n) is 2.68. The third-order valence-corrected chi connectivity index (χ3v) is 3.68. The van der Waals surface area contributed by atoms with Gasteiger partial charge in [-0.1, -0.05) is 0 Å². The van der Waals surface area contributed by atoms with Gasteiger partial charge in [0.2, 0.25) is 5.95 Å². The molecule has 1 aliphatic rings. The molecule has 112 valence electrons. The van der Waals surface area contributed by atoms with Gasteiger partial charge < -0.3 is 16.0 Å². The molecule has 0 amide bonds. The predicted octanol–water partition coefficient (Wildman–Crippen LogP) is 1.41. The molecule has 0 spiro atoms. The lowest BCUT2D eigenvalue weighted by molar-refractivity contribution is 0.342. The molecule has 7 heteroatoms. The van der Waals surface area contributed by atoms with Gasteiger partial charge in [0.15, 0.2) is 5.65 Å². The second-order valence-corrected chi connectivity index (χ2v) is 5.35. The molecular weight excluding hydrogens is 271 g/mol. The maximum Gasteiger partial charge on any atom is 0.227 e. The minimum Gasteiger partial charge on any atom is -0.372 e. The number of anilines is 2. The van der Waals surface area contributed by atoms with Gasteiger partial charge in [0.1, 0.15) is 12.0 Å². The van der Waals surface area contributed by atoms with Gasteiger partial charge in [-0.25, -0.2) is 9.37 Å². The van der Waals surface area contributed by atoms with Gasteiger partial charge in [-0.05, 0) is 25.5 Å². The molecule has 0 aromatic carbocycles. The maximum atomic E-state index is 13.7. The van der Waals surface area contributed by atoms with Crippen LogP contribution in [0.25, 0.3) is 11.0 Å². The monoisotopic (exact) mass is 290 g/mol. The molecule has 2 unspecified atom stereocenters. The lowest BCUT2D eigenvalue weighted by atomic mass is 10.1. The largest absolute Gasteiger partial charge is 0.372 e. The van der Waals surface area contributed by atoms with E-state index >= 15 is 0 Å². The lowest BCUT2D eigenvalue weighted by Gasteiger charge is -2.16. The van der Waals surface area contributed by atoms with Crippen LogP contribution in [0.2, 0.25) is 0 Å². The van der Waals surface area contributed by atoms with Crippen molar-refractivity contribution in [2.24, 2.45) is 0 Å². The van der Waals surface area contributed by atoms with Crippen molar-refractivity contribution >= 4 is 22.8 Å². The number of halogens is 1. The van der Waals surface area contributed by atoms with Crippen LogP contribution >= 0.6 is 0 Å². The van der Waals surface area contributed by atoms with Crippen LogP contribution in [-0.4, -0.2) is 47.3 Å². The average molecular weight is 290 g/mol. The summed E-state index contributed by atoms with van der Waals surface area (Å²) >= 11 is 0. The van der Waals surface area contributed by atoms with E-state index in [0.29, 0.717) is 30.5 Å². The first-order chi connectivity index (χ1) is 10.1. The van der Waals surface area contributed by atoms with E-state index in [2.05, 4.69) is 30.9 Å². The molecule has 1 fully saturated rings. The Hall–Kier alpha value is -2.02. The topological polar surface area (TPSA) is 74.8 Å². The van der Waals surface area contributed by atoms with Crippen LogP contribution in [0.4, 0.5) is 16.2 Å². The van der Waals surface area contributed by atoms with E-state index < -0.39 is 6.17 Å². The minimum absolute atomic E-state index is 0.307. The van der Waals surface area contributed by atoms with E-state index in [-0.39, 0.29) is 6.04 Å². The number of aryl methyl sites for hydroxylation is 2. The first-order valence-corrected chi connectivity index (χ1v) is 7.03. The average Bonchev–Trinajstić information content (AvgIpc) is 2.82. The summed E-state index contributed by atoms with van der Waals surface area (Å²) in [4.78, 5) is 13.3. The highest BCUT2D eigenvalue weighted by Crippen LogP contribution is 2.25. The van der Waals surface area contributed by atoms with Gasteiger partial charge in [0.05, 0.1) is 11.4 Å². The zero-order valence-corrected chi connectivity index (χ0v) is 12.4. The smallest absolute Gasteiger partial charge is 0.227 e. The number of hydrogen-bond donors (Lipinski definition) is 3. The molecule has 0 aliphatic carbocycles. The predicted molar refractivity (Wildman–Crippen MR) is 81.5 cm³/mol. The van der Waals surface area contributed by atoms with Gasteiger partial charge in [-0.3, -0.25) is 0 Å². The minimum atomic E-state index is -0.936. The number of pyridine rings is 1. The number of aromatic nitrogens is 3. The highest BCUT2D eigenvalue weighted by Gasteiger charge is 2.27. The van der Waals surface area contributed by atoms with Crippen LogP contribution in [-0.2, 0) is 0 Å². The van der Waals surface area contributed by atoms with Crippen molar-refractivity contribution in [3.63, 3.8) is 0 Å². The fourth-order valence-corrected chi connectivity index (χ4v) is 2.68. The highest BCUT2D eigenvalue weighted by molar-refractivity contribution is 5.90. The number of fused-ring (bicyclic) bond motifs is 1. The SMILES string of the molecule is CNc1nc(NC2CNCC2F)nc2nc(C)cc(C)c12. The third kappa shape index (κ3) is 2.61. The van der Waals surface area contributed by atoms with Crippen molar-refractivity contribution < 1.29 is 4.39 Å². The first-order valence-electron chi connectivity index (χ1n) is 7.03. The van der Waals surface area contributed by atoms with Crippen LogP contribution in [0.5, 0.6) is 0 Å². The van der Waals surface area contributed by atoms with Crippen molar-refractivity contribution in [1.29, 1.82) is 0 Å². The Balaban J connectivity index is 2.04. The Morgan fingerprint density at radius 2 is 2.05 bits per heavy atom. The molecule has 0 bridgehead atoms. The molecule has 3 rings (SSSR count). The summed E-state index contributed by atoms with van der Waals surface area (Å²) in [6.07, 6.45) is -0.936. The van der Waals surface area contributed by atoms with Crippen LogP contribution in [0.1, 0.15) is 11.3 Å². The Bertz CT molecular complexity index is 674. The highest BCUT2D eigenvalue weighted by atomic mass is 19.1. The molecule has 6 nitrogen and oxygen atoms in total. The first kappa shape index (κ1) is 13.9. The zero-order valence-electron chi connectivity index (χ0n) is 12.4. The Kier molecular flexibility index (Phi) is 3.59. The van der Waals surface area contributed by atoms with Crippen molar-refractivity contribution in [2.45, 2.75) is 26.1 Å². The van der Waals surface area contributed by atoms with E-state index in [1.54, 1.807) is 7.05 Å². The Labute approximate surface area is 122 Å². The second-order valence-electron chi connectivity index (χ2n) is 5.35. The quantitative estimate of drug-likeness (QED) is 0.793. The van der Waals surface area contributed by atoms with Crippen molar-refractivity contribution in [3.05, 3.63) is 17.3 Å². The molecule has 21 heavy (non-hydrogen) atoms. The van der Waals surface area contributed by atoms with Crippen LogP contribution < -0.4 is 16.0 Å². The zero-order chi connectivity index (χ0) is 15.0. The molecule has 1 saturated heterocycles. The molecule has 2 atom stereocenters. The van der Waals surface area contributed by atoms with Gasteiger partial charge in [-0.15, -0.1) is 0 Å². The molecule has 2 aromatic rings. The number of alkyl halides is 1. The van der Waals surface area contributed by atoms with E-state index in [0.717, 1.165) is 16.6 Å². The van der Waals surface area contributed by atoms with Gasteiger partial charge in [0.25, 0.3) is 0 Å². The second kappa shape index (κ2) is 5.40. The molecule has 1 aliphatic heterocycles. The third-order valence-electron chi connectivity index (χ3n) is 3.68. The standard InChI is InChI=1S/C14H19FN6/c1-7-4-8(2)18-13-11(7)12(16-3)20-14(21-13)19-10-6-17-5-9(10)15/h4,9-10,17H,5-6H2,1-3H3,(H2,16,18,19,20,21). The molecule has 0 radical (unpaired) electrons. The molecule has 2 aromatic heterocycles. The number of hydrogen-bond acceptors (Lipinski definition) is 6. The van der Waals surface area contributed by atoms with Crippen molar-refractivity contribution in [1.82, 2.24) is 20.3 Å². The number of nitrogens with one attached hydrogen (secondary N) is 3. The summed E-state index contributed by atoms with van der Waals surface area (Å²) in [7, 11) is 1.81. The Morgan fingerprint density at radius 3 is 2.71 bits per heavy atom.